The van der Waals surface area contributed by atoms with E-state index >= 15 is 0 Å². The first-order valence-electron chi connectivity index (χ1n) is 6.25. The number of piperidine rings is 1. The number of likely N-dealkylation sites (tertiary alicyclic amines) is 1. The molecule has 0 amide bonds. The second kappa shape index (κ2) is 6.41. The van der Waals surface area contributed by atoms with Crippen LogP contribution in [0.3, 0.4) is 0 Å². The van der Waals surface area contributed by atoms with E-state index in [2.05, 4.69) is 18.7 Å². The Labute approximate surface area is 88.8 Å². The van der Waals surface area contributed by atoms with Gasteiger partial charge in [0.1, 0.15) is 0 Å². The van der Waals surface area contributed by atoms with Crippen molar-refractivity contribution in [3.05, 3.63) is 0 Å². The maximum Gasteiger partial charge on any atom is 0.0218 e. The van der Waals surface area contributed by atoms with Gasteiger partial charge in [-0.05, 0) is 38.3 Å². The maximum atomic E-state index is 5.82. The zero-order chi connectivity index (χ0) is 10.4. The maximum absolute atomic E-state index is 5.82. The molecule has 0 radical (unpaired) electrons. The molecule has 1 saturated heterocycles. The van der Waals surface area contributed by atoms with Crippen LogP contribution >= 0.6 is 0 Å². The first-order chi connectivity index (χ1) is 6.81. The molecule has 0 aromatic carbocycles. The third-order valence-corrected chi connectivity index (χ3v) is 3.64. The van der Waals surface area contributed by atoms with Gasteiger partial charge in [0.2, 0.25) is 0 Å². The molecule has 1 rings (SSSR count). The molecule has 0 saturated carbocycles. The predicted octanol–water partition coefficient (Wildman–Crippen LogP) is 2.24. The molecular weight excluding hydrogens is 172 g/mol. The first-order valence-corrected chi connectivity index (χ1v) is 6.25. The van der Waals surface area contributed by atoms with Crippen LogP contribution in [-0.2, 0) is 0 Å². The van der Waals surface area contributed by atoms with Crippen LogP contribution in [0.5, 0.6) is 0 Å². The molecule has 0 aromatic heterocycles. The highest BCUT2D eigenvalue weighted by atomic mass is 15.2. The fourth-order valence-electron chi connectivity index (χ4n) is 2.51. The third-order valence-electron chi connectivity index (χ3n) is 3.64. The van der Waals surface area contributed by atoms with Crippen LogP contribution in [-0.4, -0.2) is 30.6 Å². The molecule has 2 nitrogen and oxygen atoms in total. The summed E-state index contributed by atoms with van der Waals surface area (Å²) in [5.74, 6) is 0.978. The Morgan fingerprint density at radius 3 is 2.36 bits per heavy atom. The van der Waals surface area contributed by atoms with Gasteiger partial charge in [-0.25, -0.2) is 0 Å². The van der Waals surface area contributed by atoms with Gasteiger partial charge in [-0.3, -0.25) is 4.90 Å². The Balaban J connectivity index is 2.31. The van der Waals surface area contributed by atoms with E-state index in [0.717, 1.165) is 12.5 Å². The normalized spacial score (nSPS) is 22.5. The summed E-state index contributed by atoms with van der Waals surface area (Å²) in [6, 6.07) is 0.651. The summed E-state index contributed by atoms with van der Waals surface area (Å²) < 4.78 is 0. The fourth-order valence-corrected chi connectivity index (χ4v) is 2.51. The van der Waals surface area contributed by atoms with Crippen molar-refractivity contribution < 1.29 is 0 Å². The van der Waals surface area contributed by atoms with E-state index in [1.807, 2.05) is 0 Å². The molecule has 0 bridgehead atoms. The van der Waals surface area contributed by atoms with Crippen LogP contribution < -0.4 is 5.73 Å². The van der Waals surface area contributed by atoms with Gasteiger partial charge in [0.05, 0.1) is 0 Å². The predicted molar refractivity (Wildman–Crippen MR) is 62.3 cm³/mol. The van der Waals surface area contributed by atoms with Gasteiger partial charge in [0.25, 0.3) is 0 Å². The third kappa shape index (κ3) is 3.25. The molecular formula is C12H26N2. The van der Waals surface area contributed by atoms with Crippen molar-refractivity contribution in [3.8, 4) is 0 Å². The van der Waals surface area contributed by atoms with Crippen molar-refractivity contribution >= 4 is 0 Å². The first kappa shape index (κ1) is 12.0. The number of hydrogen-bond acceptors (Lipinski definition) is 2. The van der Waals surface area contributed by atoms with Gasteiger partial charge in [0.15, 0.2) is 0 Å². The Kier molecular flexibility index (Phi) is 5.49. The van der Waals surface area contributed by atoms with Crippen LogP contribution in [0.25, 0.3) is 0 Å². The summed E-state index contributed by atoms with van der Waals surface area (Å²) in [5.41, 5.74) is 5.82. The van der Waals surface area contributed by atoms with E-state index in [9.17, 15) is 0 Å². The van der Waals surface area contributed by atoms with Crippen molar-refractivity contribution in [3.63, 3.8) is 0 Å². The standard InChI is InChI=1S/C12H26N2/c1-3-5-12(10-13)14-8-6-11(4-2)7-9-14/h11-12H,3-10,13H2,1-2H3. The van der Waals surface area contributed by atoms with Gasteiger partial charge < -0.3 is 5.73 Å². The fraction of sp³-hybridized carbons (Fsp3) is 1.00. The minimum atomic E-state index is 0.651. The highest BCUT2D eigenvalue weighted by molar-refractivity contribution is 4.78. The largest absolute Gasteiger partial charge is 0.329 e. The highest BCUT2D eigenvalue weighted by Crippen LogP contribution is 2.22. The Morgan fingerprint density at radius 2 is 1.93 bits per heavy atom. The summed E-state index contributed by atoms with van der Waals surface area (Å²) in [6.45, 7) is 7.96. The van der Waals surface area contributed by atoms with Crippen molar-refractivity contribution in [1.82, 2.24) is 4.90 Å². The van der Waals surface area contributed by atoms with Crippen molar-refractivity contribution in [1.29, 1.82) is 0 Å². The van der Waals surface area contributed by atoms with Crippen LogP contribution in [0.2, 0.25) is 0 Å². The summed E-state index contributed by atoms with van der Waals surface area (Å²) >= 11 is 0. The van der Waals surface area contributed by atoms with Crippen LogP contribution in [0.1, 0.15) is 46.0 Å². The van der Waals surface area contributed by atoms with E-state index in [1.54, 1.807) is 0 Å². The van der Waals surface area contributed by atoms with Gasteiger partial charge in [0, 0.05) is 12.6 Å². The van der Waals surface area contributed by atoms with E-state index in [0.29, 0.717) is 6.04 Å². The van der Waals surface area contributed by atoms with E-state index in [4.69, 9.17) is 5.73 Å². The lowest BCUT2D eigenvalue weighted by Gasteiger charge is -2.36. The number of rotatable bonds is 5. The van der Waals surface area contributed by atoms with Gasteiger partial charge in [-0.15, -0.1) is 0 Å². The molecule has 2 N–H and O–H groups in total. The smallest absolute Gasteiger partial charge is 0.0218 e. The lowest BCUT2D eigenvalue weighted by molar-refractivity contribution is 0.127. The summed E-state index contributed by atoms with van der Waals surface area (Å²) in [6.07, 6.45) is 6.66. The molecule has 1 aliphatic heterocycles. The van der Waals surface area contributed by atoms with E-state index in [-0.39, 0.29) is 0 Å². The summed E-state index contributed by atoms with van der Waals surface area (Å²) in [7, 11) is 0. The monoisotopic (exact) mass is 198 g/mol. The van der Waals surface area contributed by atoms with Crippen LogP contribution in [0.4, 0.5) is 0 Å². The second-order valence-electron chi connectivity index (χ2n) is 4.57. The van der Waals surface area contributed by atoms with Crippen molar-refractivity contribution in [2.45, 2.75) is 52.0 Å². The Hall–Kier alpha value is -0.0800. The van der Waals surface area contributed by atoms with Crippen LogP contribution in [0, 0.1) is 5.92 Å². The van der Waals surface area contributed by atoms with Crippen molar-refractivity contribution in [2.24, 2.45) is 11.7 Å². The second-order valence-corrected chi connectivity index (χ2v) is 4.57. The SMILES string of the molecule is CCCC(CN)N1CCC(CC)CC1. The van der Waals surface area contributed by atoms with Crippen LogP contribution in [0.15, 0.2) is 0 Å². The lowest BCUT2D eigenvalue weighted by atomic mass is 9.93. The summed E-state index contributed by atoms with van der Waals surface area (Å²) in [4.78, 5) is 2.61. The lowest BCUT2D eigenvalue weighted by Crippen LogP contribution is -2.45. The molecule has 84 valence electrons. The zero-order valence-electron chi connectivity index (χ0n) is 9.84. The molecule has 1 fully saturated rings. The molecule has 0 spiro atoms. The molecule has 1 heterocycles. The molecule has 1 aliphatic rings. The molecule has 1 atom stereocenters. The number of nitrogens with two attached hydrogens (primary N) is 1. The van der Waals surface area contributed by atoms with Crippen molar-refractivity contribution in [2.75, 3.05) is 19.6 Å². The quantitative estimate of drug-likeness (QED) is 0.734. The van der Waals surface area contributed by atoms with E-state index < -0.39 is 0 Å². The van der Waals surface area contributed by atoms with E-state index in [1.165, 1.54) is 45.2 Å². The minimum absolute atomic E-state index is 0.651. The minimum Gasteiger partial charge on any atom is -0.329 e. The van der Waals surface area contributed by atoms with Gasteiger partial charge in [-0.2, -0.15) is 0 Å². The average molecular weight is 198 g/mol. The topological polar surface area (TPSA) is 29.3 Å². The molecule has 0 aliphatic carbocycles. The highest BCUT2D eigenvalue weighted by Gasteiger charge is 2.22. The molecule has 14 heavy (non-hydrogen) atoms. The van der Waals surface area contributed by atoms with Gasteiger partial charge >= 0.3 is 0 Å². The number of hydrogen-bond donors (Lipinski definition) is 1. The Morgan fingerprint density at radius 1 is 1.29 bits per heavy atom. The Bertz CT molecular complexity index is 139. The molecule has 2 heteroatoms. The summed E-state index contributed by atoms with van der Waals surface area (Å²) in [5, 5.41) is 0. The number of nitrogens with zero attached hydrogens (tertiary/aromatic N) is 1. The molecule has 0 aromatic rings. The zero-order valence-corrected chi connectivity index (χ0v) is 9.84. The van der Waals surface area contributed by atoms with Gasteiger partial charge in [-0.1, -0.05) is 26.7 Å². The molecule has 1 unspecified atom stereocenters. The average Bonchev–Trinajstić information content (AvgIpc) is 2.26.